The molecule has 1 amide bonds. The van der Waals surface area contributed by atoms with Gasteiger partial charge in [-0.3, -0.25) is 9.59 Å². The Balaban J connectivity index is 1.54. The van der Waals surface area contributed by atoms with E-state index in [4.69, 9.17) is 13.7 Å². The minimum atomic E-state index is -0.449. The fraction of sp³-hybridized carbons (Fsp3) is 0.107. The van der Waals surface area contributed by atoms with Crippen LogP contribution in [0.15, 0.2) is 87.8 Å². The van der Waals surface area contributed by atoms with Crippen LogP contribution in [-0.4, -0.2) is 23.5 Å². The van der Waals surface area contributed by atoms with Gasteiger partial charge in [-0.05, 0) is 50.2 Å². The second-order valence-electron chi connectivity index (χ2n) is 7.88. The molecule has 174 valence electrons. The lowest BCUT2D eigenvalue weighted by Gasteiger charge is -2.08. The number of hydrogen-bond acceptors (Lipinski definition) is 6. The van der Waals surface area contributed by atoms with Crippen LogP contribution in [0.2, 0.25) is 0 Å². The predicted octanol–water partition coefficient (Wildman–Crippen LogP) is 6.28. The van der Waals surface area contributed by atoms with Crippen molar-refractivity contribution < 1.29 is 23.3 Å². The van der Waals surface area contributed by atoms with Crippen molar-refractivity contribution in [2.24, 2.45) is 0 Å². The number of aryl methyl sites for hydroxylation is 1. The molecule has 0 saturated heterocycles. The number of nitrogens with one attached hydrogen (secondary N) is 1. The molecule has 0 radical (unpaired) electrons. The minimum absolute atomic E-state index is 0.0408. The van der Waals surface area contributed by atoms with E-state index in [0.717, 1.165) is 5.56 Å². The first kappa shape index (κ1) is 22.2. The molecule has 0 atom stereocenters. The SMILES string of the molecule is CCOc1ccc(C(=O)c2oc3ccccc3c2NC(=O)c2c(C)noc2-c2ccccc2)cc1. The lowest BCUT2D eigenvalue weighted by Crippen LogP contribution is -2.15. The monoisotopic (exact) mass is 466 g/mol. The van der Waals surface area contributed by atoms with E-state index in [1.165, 1.54) is 0 Å². The van der Waals surface area contributed by atoms with Crippen molar-refractivity contribution in [3.63, 3.8) is 0 Å². The number of rotatable bonds is 7. The molecule has 0 aliphatic carbocycles. The molecule has 0 unspecified atom stereocenters. The van der Waals surface area contributed by atoms with Crippen LogP contribution in [0.1, 0.15) is 39.1 Å². The fourth-order valence-corrected chi connectivity index (χ4v) is 3.93. The number of carbonyl (C=O) groups is 2. The van der Waals surface area contributed by atoms with Gasteiger partial charge in [-0.25, -0.2) is 0 Å². The lowest BCUT2D eigenvalue weighted by atomic mass is 10.0. The van der Waals surface area contributed by atoms with Crippen molar-refractivity contribution in [2.45, 2.75) is 13.8 Å². The van der Waals surface area contributed by atoms with Crippen molar-refractivity contribution in [1.82, 2.24) is 5.16 Å². The molecule has 0 fully saturated rings. The summed E-state index contributed by atoms with van der Waals surface area (Å²) in [7, 11) is 0. The van der Waals surface area contributed by atoms with Crippen LogP contribution in [0.25, 0.3) is 22.3 Å². The summed E-state index contributed by atoms with van der Waals surface area (Å²) in [5.74, 6) is 0.255. The number of furan rings is 1. The van der Waals surface area contributed by atoms with Crippen molar-refractivity contribution in [3.05, 3.63) is 101 Å². The minimum Gasteiger partial charge on any atom is -0.494 e. The molecule has 7 nitrogen and oxygen atoms in total. The number of ether oxygens (including phenoxy) is 1. The van der Waals surface area contributed by atoms with Gasteiger partial charge >= 0.3 is 0 Å². The second-order valence-corrected chi connectivity index (χ2v) is 7.88. The Kier molecular flexibility index (Phi) is 5.89. The van der Waals surface area contributed by atoms with Crippen molar-refractivity contribution in [3.8, 4) is 17.1 Å². The third-order valence-electron chi connectivity index (χ3n) is 5.59. The Bertz CT molecular complexity index is 1510. The average Bonchev–Trinajstić information content (AvgIpc) is 3.45. The first-order valence-corrected chi connectivity index (χ1v) is 11.2. The van der Waals surface area contributed by atoms with Gasteiger partial charge in [0.05, 0.1) is 18.0 Å². The van der Waals surface area contributed by atoms with Crippen LogP contribution >= 0.6 is 0 Å². The molecule has 0 aliphatic rings. The standard InChI is InChI=1S/C28H22N2O5/c1-3-33-20-15-13-18(14-16-20)25(31)27-24(21-11-7-8-12-22(21)34-27)29-28(32)23-17(2)30-35-26(23)19-9-5-4-6-10-19/h4-16H,3H2,1-2H3,(H,29,32). The van der Waals surface area contributed by atoms with Crippen molar-refractivity contribution >= 4 is 28.3 Å². The maximum Gasteiger partial charge on any atom is 0.261 e. The molecule has 7 heteroatoms. The third-order valence-corrected chi connectivity index (χ3v) is 5.59. The normalized spacial score (nSPS) is 10.9. The fourth-order valence-electron chi connectivity index (χ4n) is 3.93. The molecule has 2 heterocycles. The highest BCUT2D eigenvalue weighted by Crippen LogP contribution is 2.34. The van der Waals surface area contributed by atoms with Gasteiger partial charge in [0.15, 0.2) is 11.5 Å². The molecule has 1 N–H and O–H groups in total. The van der Waals surface area contributed by atoms with Crippen molar-refractivity contribution in [1.29, 1.82) is 0 Å². The molecule has 0 saturated carbocycles. The summed E-state index contributed by atoms with van der Waals surface area (Å²) in [5.41, 5.74) is 2.65. The third kappa shape index (κ3) is 4.19. The van der Waals surface area contributed by atoms with E-state index < -0.39 is 5.91 Å². The summed E-state index contributed by atoms with van der Waals surface area (Å²) in [5, 5.41) is 7.50. The van der Waals surface area contributed by atoms with E-state index in [1.807, 2.05) is 43.3 Å². The highest BCUT2D eigenvalue weighted by Gasteiger charge is 2.27. The smallest absolute Gasteiger partial charge is 0.261 e. The van der Waals surface area contributed by atoms with E-state index in [9.17, 15) is 9.59 Å². The molecule has 3 aromatic carbocycles. The van der Waals surface area contributed by atoms with E-state index in [1.54, 1.807) is 49.4 Å². The number of ketones is 1. The molecule has 35 heavy (non-hydrogen) atoms. The van der Waals surface area contributed by atoms with Gasteiger partial charge in [0, 0.05) is 16.5 Å². The van der Waals surface area contributed by atoms with Gasteiger partial charge in [0.2, 0.25) is 5.78 Å². The summed E-state index contributed by atoms with van der Waals surface area (Å²) in [6, 6.07) is 23.2. The van der Waals surface area contributed by atoms with Crippen molar-refractivity contribution in [2.75, 3.05) is 11.9 Å². The lowest BCUT2D eigenvalue weighted by molar-refractivity contribution is 0.101. The molecule has 2 aromatic heterocycles. The molecule has 0 bridgehead atoms. The van der Waals surface area contributed by atoms with Gasteiger partial charge in [-0.2, -0.15) is 0 Å². The maximum absolute atomic E-state index is 13.5. The zero-order chi connectivity index (χ0) is 24.4. The van der Waals surface area contributed by atoms with Gasteiger partial charge in [-0.15, -0.1) is 0 Å². The van der Waals surface area contributed by atoms with Gasteiger partial charge in [-0.1, -0.05) is 47.6 Å². The van der Waals surface area contributed by atoms with E-state index in [2.05, 4.69) is 10.5 Å². The summed E-state index contributed by atoms with van der Waals surface area (Å²) in [6.45, 7) is 4.12. The van der Waals surface area contributed by atoms with Gasteiger partial charge < -0.3 is 19.0 Å². The van der Waals surface area contributed by atoms with E-state index in [0.29, 0.717) is 51.6 Å². The topological polar surface area (TPSA) is 94.6 Å². The molecule has 0 aliphatic heterocycles. The Morgan fingerprint density at radius 2 is 1.66 bits per heavy atom. The van der Waals surface area contributed by atoms with Gasteiger partial charge in [0.25, 0.3) is 5.91 Å². The Hall–Kier alpha value is -4.65. The van der Waals surface area contributed by atoms with Crippen LogP contribution in [0, 0.1) is 6.92 Å². The zero-order valence-corrected chi connectivity index (χ0v) is 19.2. The van der Waals surface area contributed by atoms with Crippen LogP contribution in [-0.2, 0) is 0 Å². The van der Waals surface area contributed by atoms with Gasteiger partial charge in [0.1, 0.15) is 16.9 Å². The molecule has 0 spiro atoms. The highest BCUT2D eigenvalue weighted by atomic mass is 16.5. The van der Waals surface area contributed by atoms with Crippen LogP contribution in [0.3, 0.4) is 0 Å². The van der Waals surface area contributed by atoms with Crippen LogP contribution in [0.5, 0.6) is 5.75 Å². The second kappa shape index (κ2) is 9.30. The summed E-state index contributed by atoms with van der Waals surface area (Å²) in [4.78, 5) is 26.9. The number of nitrogens with zero attached hydrogens (tertiary/aromatic N) is 1. The van der Waals surface area contributed by atoms with E-state index >= 15 is 0 Å². The van der Waals surface area contributed by atoms with Crippen LogP contribution < -0.4 is 10.1 Å². The highest BCUT2D eigenvalue weighted by molar-refractivity contribution is 6.19. The molecular weight excluding hydrogens is 444 g/mol. The quantitative estimate of drug-likeness (QED) is 0.284. The number of carbonyl (C=O) groups excluding carboxylic acids is 2. The molecule has 5 aromatic rings. The maximum atomic E-state index is 13.5. The average molecular weight is 466 g/mol. The number of hydrogen-bond donors (Lipinski definition) is 1. The number of anilines is 1. The van der Waals surface area contributed by atoms with Crippen LogP contribution in [0.4, 0.5) is 5.69 Å². The number of benzene rings is 3. The summed E-state index contributed by atoms with van der Waals surface area (Å²) in [6.07, 6.45) is 0. The summed E-state index contributed by atoms with van der Waals surface area (Å²) < 4.78 is 16.9. The molecule has 5 rings (SSSR count). The Morgan fingerprint density at radius 1 is 0.943 bits per heavy atom. The largest absolute Gasteiger partial charge is 0.494 e. The first-order valence-electron chi connectivity index (χ1n) is 11.2. The number of fused-ring (bicyclic) bond motifs is 1. The van der Waals surface area contributed by atoms with E-state index in [-0.39, 0.29) is 11.5 Å². The number of para-hydroxylation sites is 1. The number of aromatic nitrogens is 1. The first-order chi connectivity index (χ1) is 17.1. The Morgan fingerprint density at radius 3 is 2.40 bits per heavy atom. The Labute approximate surface area is 201 Å². The summed E-state index contributed by atoms with van der Waals surface area (Å²) >= 11 is 0. The molecular formula is C28H22N2O5. The number of amides is 1. The zero-order valence-electron chi connectivity index (χ0n) is 19.2. The predicted molar refractivity (Wildman–Crippen MR) is 132 cm³/mol.